The second-order valence-corrected chi connectivity index (χ2v) is 5.80. The van der Waals surface area contributed by atoms with E-state index in [2.05, 4.69) is 22.4 Å². The van der Waals surface area contributed by atoms with Gasteiger partial charge in [-0.05, 0) is 31.0 Å². The van der Waals surface area contributed by atoms with Crippen LogP contribution in [0.15, 0.2) is 36.5 Å². The number of amides is 1. The van der Waals surface area contributed by atoms with Crippen molar-refractivity contribution in [3.8, 4) is 0 Å². The molecule has 122 valence electrons. The average molecular weight is 314 g/mol. The normalized spacial score (nSPS) is 20.7. The number of nitrogens with zero attached hydrogens (tertiary/aromatic N) is 1. The Hall–Kier alpha value is -1.98. The van der Waals surface area contributed by atoms with E-state index < -0.39 is 0 Å². The highest BCUT2D eigenvalue weighted by Gasteiger charge is 2.30. The number of fused-ring (bicyclic) bond motifs is 1. The Kier molecular flexibility index (Phi) is 5.20. The van der Waals surface area contributed by atoms with Gasteiger partial charge in [0.1, 0.15) is 6.61 Å². The number of benzene rings is 1. The van der Waals surface area contributed by atoms with E-state index in [9.17, 15) is 4.79 Å². The number of hydrogen-bond donors (Lipinski definition) is 1. The van der Waals surface area contributed by atoms with Crippen molar-refractivity contribution in [3.05, 3.63) is 42.1 Å². The third-order valence-electron chi connectivity index (χ3n) is 4.20. The lowest BCUT2D eigenvalue weighted by Crippen LogP contribution is -2.42. The minimum Gasteiger partial charge on any atom is -0.379 e. The maximum absolute atomic E-state index is 11.9. The van der Waals surface area contributed by atoms with Crippen LogP contribution in [0.1, 0.15) is 12.5 Å². The number of carbonyl (C=O) groups excluding carboxylic acids is 1. The summed E-state index contributed by atoms with van der Waals surface area (Å²) in [6.45, 7) is 3.75. The van der Waals surface area contributed by atoms with E-state index in [1.54, 1.807) is 0 Å². The molecule has 0 aliphatic carbocycles. The van der Waals surface area contributed by atoms with E-state index in [1.165, 1.54) is 10.9 Å². The summed E-state index contributed by atoms with van der Waals surface area (Å²) in [6.07, 6.45) is 2.71. The summed E-state index contributed by atoms with van der Waals surface area (Å²) in [5.41, 5.74) is 2.25. The first-order valence-corrected chi connectivity index (χ1v) is 8.05. The number of hydrogen-bond acceptors (Lipinski definition) is 4. The Balaban J connectivity index is 1.69. The maximum Gasteiger partial charge on any atom is 0.246 e. The molecule has 2 atom stereocenters. The lowest BCUT2D eigenvalue weighted by atomic mass is 9.93. The van der Waals surface area contributed by atoms with Crippen molar-refractivity contribution in [3.63, 3.8) is 0 Å². The van der Waals surface area contributed by atoms with E-state index in [0.29, 0.717) is 19.8 Å². The van der Waals surface area contributed by atoms with Gasteiger partial charge in [0.15, 0.2) is 0 Å². The van der Waals surface area contributed by atoms with Gasteiger partial charge in [0.25, 0.3) is 0 Å². The smallest absolute Gasteiger partial charge is 0.246 e. The molecule has 0 saturated carbocycles. The fourth-order valence-electron chi connectivity index (χ4n) is 3.02. The van der Waals surface area contributed by atoms with E-state index in [4.69, 9.17) is 9.47 Å². The molecule has 0 radical (unpaired) electrons. The van der Waals surface area contributed by atoms with Crippen molar-refractivity contribution in [1.82, 2.24) is 10.3 Å². The van der Waals surface area contributed by atoms with Gasteiger partial charge in [-0.3, -0.25) is 9.78 Å². The molecule has 1 saturated heterocycles. The van der Waals surface area contributed by atoms with Crippen molar-refractivity contribution < 1.29 is 14.3 Å². The molecule has 23 heavy (non-hydrogen) atoms. The highest BCUT2D eigenvalue weighted by atomic mass is 16.5. The van der Waals surface area contributed by atoms with Gasteiger partial charge in [0.05, 0.1) is 24.8 Å². The van der Waals surface area contributed by atoms with Crippen molar-refractivity contribution in [2.45, 2.75) is 19.4 Å². The van der Waals surface area contributed by atoms with Gasteiger partial charge in [-0.1, -0.05) is 18.2 Å². The monoisotopic (exact) mass is 314 g/mol. The van der Waals surface area contributed by atoms with Gasteiger partial charge in [0.2, 0.25) is 5.91 Å². The second-order valence-electron chi connectivity index (χ2n) is 5.80. The Morgan fingerprint density at radius 2 is 2.22 bits per heavy atom. The molecule has 0 bridgehead atoms. The first kappa shape index (κ1) is 15.9. The minimum atomic E-state index is -0.0769. The molecule has 0 spiro atoms. The Morgan fingerprint density at radius 1 is 1.35 bits per heavy atom. The molecular formula is C18H22N2O3. The van der Waals surface area contributed by atoms with Gasteiger partial charge < -0.3 is 14.8 Å². The van der Waals surface area contributed by atoms with Crippen LogP contribution in [-0.2, 0) is 20.7 Å². The molecule has 2 heterocycles. The van der Waals surface area contributed by atoms with Crippen LogP contribution >= 0.6 is 0 Å². The molecule has 1 N–H and O–H groups in total. The average Bonchev–Trinajstić information content (AvgIpc) is 3.00. The fourth-order valence-corrected chi connectivity index (χ4v) is 3.02. The number of nitrogens with one attached hydrogen (secondary N) is 1. The number of carbonyl (C=O) groups is 1. The van der Waals surface area contributed by atoms with Crippen LogP contribution in [-0.4, -0.2) is 43.4 Å². The zero-order valence-electron chi connectivity index (χ0n) is 13.3. The first-order valence-electron chi connectivity index (χ1n) is 8.05. The number of pyridine rings is 1. The minimum absolute atomic E-state index is 0.0369. The van der Waals surface area contributed by atoms with Crippen molar-refractivity contribution in [1.29, 1.82) is 0 Å². The van der Waals surface area contributed by atoms with Crippen LogP contribution < -0.4 is 5.32 Å². The molecule has 5 nitrogen and oxygen atoms in total. The topological polar surface area (TPSA) is 60.5 Å². The molecule has 1 aliphatic rings. The van der Waals surface area contributed by atoms with Crippen LogP contribution in [0.25, 0.3) is 10.9 Å². The SMILES string of the molecule is CCOCC(=O)N[C@H]1COC[C@H]1Cc1ccnc2ccccc12. The molecule has 3 rings (SSSR count). The van der Waals surface area contributed by atoms with Crippen LogP contribution in [0.2, 0.25) is 0 Å². The summed E-state index contributed by atoms with van der Waals surface area (Å²) in [7, 11) is 0. The zero-order valence-corrected chi connectivity index (χ0v) is 13.3. The molecule has 1 fully saturated rings. The summed E-state index contributed by atoms with van der Waals surface area (Å²) in [6, 6.07) is 10.2. The summed E-state index contributed by atoms with van der Waals surface area (Å²) in [4.78, 5) is 16.3. The lowest BCUT2D eigenvalue weighted by Gasteiger charge is -2.19. The van der Waals surface area contributed by atoms with Crippen LogP contribution in [0.4, 0.5) is 0 Å². The molecule has 2 aromatic rings. The zero-order chi connectivity index (χ0) is 16.1. The van der Waals surface area contributed by atoms with E-state index in [0.717, 1.165) is 11.9 Å². The molecule has 1 aliphatic heterocycles. The molecular weight excluding hydrogens is 292 g/mol. The molecule has 0 unspecified atom stereocenters. The van der Waals surface area contributed by atoms with Crippen LogP contribution in [0, 0.1) is 5.92 Å². The van der Waals surface area contributed by atoms with Crippen LogP contribution in [0.5, 0.6) is 0 Å². The summed E-state index contributed by atoms with van der Waals surface area (Å²) >= 11 is 0. The van der Waals surface area contributed by atoms with E-state index in [1.807, 2.05) is 31.3 Å². The Labute approximate surface area is 136 Å². The van der Waals surface area contributed by atoms with Gasteiger partial charge >= 0.3 is 0 Å². The summed E-state index contributed by atoms with van der Waals surface area (Å²) in [5, 5.41) is 4.20. The van der Waals surface area contributed by atoms with Crippen LogP contribution in [0.3, 0.4) is 0 Å². The highest BCUT2D eigenvalue weighted by Crippen LogP contribution is 2.24. The summed E-state index contributed by atoms with van der Waals surface area (Å²) < 4.78 is 10.7. The number of para-hydroxylation sites is 1. The van der Waals surface area contributed by atoms with Gasteiger partial charge in [-0.25, -0.2) is 0 Å². The van der Waals surface area contributed by atoms with Gasteiger partial charge in [-0.2, -0.15) is 0 Å². The Morgan fingerprint density at radius 3 is 3.09 bits per heavy atom. The largest absolute Gasteiger partial charge is 0.379 e. The predicted molar refractivity (Wildman–Crippen MR) is 88.2 cm³/mol. The number of ether oxygens (including phenoxy) is 2. The highest BCUT2D eigenvalue weighted by molar-refractivity contribution is 5.82. The predicted octanol–water partition coefficient (Wildman–Crippen LogP) is 1.94. The second kappa shape index (κ2) is 7.53. The quantitative estimate of drug-likeness (QED) is 0.885. The number of rotatable bonds is 6. The molecule has 1 aromatic heterocycles. The number of aromatic nitrogens is 1. The van der Waals surface area contributed by atoms with E-state index in [-0.39, 0.29) is 24.5 Å². The summed E-state index contributed by atoms with van der Waals surface area (Å²) in [5.74, 6) is 0.193. The third kappa shape index (κ3) is 3.86. The third-order valence-corrected chi connectivity index (χ3v) is 4.20. The van der Waals surface area contributed by atoms with E-state index >= 15 is 0 Å². The molecule has 1 amide bonds. The van der Waals surface area contributed by atoms with Crippen molar-refractivity contribution in [2.75, 3.05) is 26.4 Å². The van der Waals surface area contributed by atoms with Crippen molar-refractivity contribution >= 4 is 16.8 Å². The van der Waals surface area contributed by atoms with Gasteiger partial charge in [0, 0.05) is 24.1 Å². The van der Waals surface area contributed by atoms with Crippen molar-refractivity contribution in [2.24, 2.45) is 5.92 Å². The molecule has 5 heteroatoms. The first-order chi connectivity index (χ1) is 11.3. The standard InChI is InChI=1S/C18H22N2O3/c1-2-22-12-18(21)20-17-11-23-10-14(17)9-13-7-8-19-16-6-4-3-5-15(13)16/h3-8,14,17H,2,9-12H2,1H3,(H,20,21)/t14-,17+/m1/s1. The molecule has 1 aromatic carbocycles. The fraction of sp³-hybridized carbons (Fsp3) is 0.444. The lowest BCUT2D eigenvalue weighted by molar-refractivity contribution is -0.126. The Bertz CT molecular complexity index is 669. The van der Waals surface area contributed by atoms with Gasteiger partial charge in [-0.15, -0.1) is 0 Å². The maximum atomic E-state index is 11.9.